The largest absolute Gasteiger partial charge is 0.330 e. The first-order valence-electron chi connectivity index (χ1n) is 5.65. The molecular weight excluding hydrogens is 192 g/mol. The van der Waals surface area contributed by atoms with Gasteiger partial charge in [-0.3, -0.25) is 10.2 Å². The monoisotopic (exact) mass is 214 g/mol. The predicted molar refractivity (Wildman–Crippen MR) is 60.1 cm³/mol. The Hall–Kier alpha value is -0.650. The molecule has 15 heavy (non-hydrogen) atoms. The van der Waals surface area contributed by atoms with Crippen molar-refractivity contribution in [2.45, 2.75) is 19.3 Å². The first kappa shape index (κ1) is 12.4. The molecule has 1 aliphatic heterocycles. The van der Waals surface area contributed by atoms with Gasteiger partial charge in [0.1, 0.15) is 0 Å². The fourth-order valence-corrected chi connectivity index (χ4v) is 1.58. The van der Waals surface area contributed by atoms with Gasteiger partial charge in [0.15, 0.2) is 0 Å². The van der Waals surface area contributed by atoms with Gasteiger partial charge in [0.2, 0.25) is 5.91 Å². The number of unbranched alkanes of at least 4 members (excludes halogenated alkanes) is 1. The van der Waals surface area contributed by atoms with Gasteiger partial charge in [0.25, 0.3) is 0 Å². The molecule has 1 aliphatic rings. The van der Waals surface area contributed by atoms with E-state index in [1.807, 2.05) is 5.01 Å². The summed E-state index contributed by atoms with van der Waals surface area (Å²) < 4.78 is 0. The molecule has 0 atom stereocenters. The fourth-order valence-electron chi connectivity index (χ4n) is 1.58. The summed E-state index contributed by atoms with van der Waals surface area (Å²) in [5.41, 5.74) is 8.29. The summed E-state index contributed by atoms with van der Waals surface area (Å²) in [6.45, 7) is 4.53. The molecule has 1 saturated heterocycles. The van der Waals surface area contributed by atoms with Gasteiger partial charge in [-0.15, -0.1) is 0 Å². The van der Waals surface area contributed by atoms with Crippen molar-refractivity contribution in [2.75, 3.05) is 39.8 Å². The van der Waals surface area contributed by atoms with E-state index in [0.717, 1.165) is 39.0 Å². The molecule has 0 aromatic heterocycles. The highest BCUT2D eigenvalue weighted by atomic mass is 16.2. The predicted octanol–water partition coefficient (Wildman–Crippen LogP) is -0.606. The van der Waals surface area contributed by atoms with Gasteiger partial charge in [-0.25, -0.2) is 5.01 Å². The van der Waals surface area contributed by atoms with Crippen molar-refractivity contribution >= 4 is 5.91 Å². The van der Waals surface area contributed by atoms with Crippen LogP contribution < -0.4 is 11.2 Å². The molecule has 5 heteroatoms. The SMILES string of the molecule is CN1CCN(NC(=O)CCCCN)CC1. The average molecular weight is 214 g/mol. The molecule has 3 N–H and O–H groups in total. The van der Waals surface area contributed by atoms with Gasteiger partial charge in [0.05, 0.1) is 0 Å². The standard InChI is InChI=1S/C10H22N4O/c1-13-6-8-14(9-7-13)12-10(15)4-2-3-5-11/h2-9,11H2,1H3,(H,12,15). The first-order valence-corrected chi connectivity index (χ1v) is 5.65. The zero-order chi connectivity index (χ0) is 11.1. The third-order valence-electron chi connectivity index (χ3n) is 2.64. The lowest BCUT2D eigenvalue weighted by atomic mass is 10.2. The molecule has 0 aliphatic carbocycles. The molecule has 0 bridgehead atoms. The molecule has 1 heterocycles. The summed E-state index contributed by atoms with van der Waals surface area (Å²) >= 11 is 0. The van der Waals surface area contributed by atoms with Crippen LogP contribution in [0.15, 0.2) is 0 Å². The van der Waals surface area contributed by atoms with Gasteiger partial charge in [-0.05, 0) is 26.4 Å². The molecule has 1 rings (SSSR count). The second-order valence-electron chi connectivity index (χ2n) is 4.07. The minimum absolute atomic E-state index is 0.119. The Morgan fingerprint density at radius 2 is 1.93 bits per heavy atom. The van der Waals surface area contributed by atoms with Gasteiger partial charge >= 0.3 is 0 Å². The number of hydrazine groups is 1. The average Bonchev–Trinajstić information content (AvgIpc) is 2.22. The molecule has 0 unspecified atom stereocenters. The van der Waals surface area contributed by atoms with Crippen molar-refractivity contribution in [3.05, 3.63) is 0 Å². The number of piperazine rings is 1. The van der Waals surface area contributed by atoms with E-state index in [2.05, 4.69) is 17.4 Å². The number of nitrogens with zero attached hydrogens (tertiary/aromatic N) is 2. The molecule has 0 spiro atoms. The van der Waals surface area contributed by atoms with Crippen LogP contribution in [0.25, 0.3) is 0 Å². The Morgan fingerprint density at radius 1 is 1.27 bits per heavy atom. The maximum absolute atomic E-state index is 11.5. The highest BCUT2D eigenvalue weighted by Crippen LogP contribution is 1.98. The number of amides is 1. The molecule has 1 fully saturated rings. The lowest BCUT2D eigenvalue weighted by molar-refractivity contribution is -0.126. The summed E-state index contributed by atoms with van der Waals surface area (Å²) in [5, 5.41) is 2.00. The summed E-state index contributed by atoms with van der Waals surface area (Å²) in [6.07, 6.45) is 2.40. The van der Waals surface area contributed by atoms with Crippen molar-refractivity contribution in [3.63, 3.8) is 0 Å². The Labute approximate surface area is 91.6 Å². The molecular formula is C10H22N4O. The number of nitrogens with two attached hydrogens (primary N) is 1. The van der Waals surface area contributed by atoms with E-state index in [1.54, 1.807) is 0 Å². The second-order valence-corrected chi connectivity index (χ2v) is 4.07. The van der Waals surface area contributed by atoms with E-state index in [-0.39, 0.29) is 5.91 Å². The van der Waals surface area contributed by atoms with Crippen LogP contribution in [0.4, 0.5) is 0 Å². The number of rotatable bonds is 5. The van der Waals surface area contributed by atoms with Crippen molar-refractivity contribution in [3.8, 4) is 0 Å². The van der Waals surface area contributed by atoms with Crippen LogP contribution in [0.5, 0.6) is 0 Å². The Bertz CT molecular complexity index is 190. The highest BCUT2D eigenvalue weighted by molar-refractivity contribution is 5.75. The van der Waals surface area contributed by atoms with E-state index in [0.29, 0.717) is 13.0 Å². The lowest BCUT2D eigenvalue weighted by Gasteiger charge is -2.32. The zero-order valence-corrected chi connectivity index (χ0v) is 9.54. The molecule has 0 radical (unpaired) electrons. The minimum Gasteiger partial charge on any atom is -0.330 e. The highest BCUT2D eigenvalue weighted by Gasteiger charge is 2.14. The second kappa shape index (κ2) is 6.76. The maximum Gasteiger partial charge on any atom is 0.234 e. The normalized spacial score (nSPS) is 19.1. The van der Waals surface area contributed by atoms with Gasteiger partial charge < -0.3 is 10.6 Å². The van der Waals surface area contributed by atoms with Crippen molar-refractivity contribution in [2.24, 2.45) is 5.73 Å². The summed E-state index contributed by atoms with van der Waals surface area (Å²) in [5.74, 6) is 0.119. The number of likely N-dealkylation sites (N-methyl/N-ethyl adjacent to an activating group) is 1. The first-order chi connectivity index (χ1) is 7.22. The van der Waals surface area contributed by atoms with Crippen LogP contribution in [0.3, 0.4) is 0 Å². The van der Waals surface area contributed by atoms with E-state index in [9.17, 15) is 4.79 Å². The number of hydrogen-bond donors (Lipinski definition) is 2. The van der Waals surface area contributed by atoms with Crippen LogP contribution in [0, 0.1) is 0 Å². The van der Waals surface area contributed by atoms with Crippen molar-refractivity contribution in [1.82, 2.24) is 15.3 Å². The third-order valence-corrected chi connectivity index (χ3v) is 2.64. The Morgan fingerprint density at radius 3 is 2.53 bits per heavy atom. The van der Waals surface area contributed by atoms with Crippen LogP contribution in [0.2, 0.25) is 0 Å². The third kappa shape index (κ3) is 5.11. The maximum atomic E-state index is 11.5. The van der Waals surface area contributed by atoms with Gasteiger partial charge in [0, 0.05) is 32.6 Å². The van der Waals surface area contributed by atoms with Crippen molar-refractivity contribution < 1.29 is 4.79 Å². The van der Waals surface area contributed by atoms with E-state index < -0.39 is 0 Å². The zero-order valence-electron chi connectivity index (χ0n) is 9.54. The number of nitrogens with one attached hydrogen (secondary N) is 1. The smallest absolute Gasteiger partial charge is 0.234 e. The van der Waals surface area contributed by atoms with Crippen LogP contribution in [0.1, 0.15) is 19.3 Å². The number of carbonyl (C=O) groups excluding carboxylic acids is 1. The summed E-state index contributed by atoms with van der Waals surface area (Å²) in [7, 11) is 2.10. The fraction of sp³-hybridized carbons (Fsp3) is 0.900. The minimum atomic E-state index is 0.119. The summed E-state index contributed by atoms with van der Waals surface area (Å²) in [4.78, 5) is 13.7. The number of hydrogen-bond acceptors (Lipinski definition) is 4. The van der Waals surface area contributed by atoms with Gasteiger partial charge in [-0.2, -0.15) is 0 Å². The lowest BCUT2D eigenvalue weighted by Crippen LogP contribution is -2.52. The Kier molecular flexibility index (Phi) is 5.60. The van der Waals surface area contributed by atoms with Crippen LogP contribution >= 0.6 is 0 Å². The molecule has 88 valence electrons. The summed E-state index contributed by atoms with van der Waals surface area (Å²) in [6, 6.07) is 0. The van der Waals surface area contributed by atoms with E-state index in [4.69, 9.17) is 5.73 Å². The molecule has 1 amide bonds. The molecule has 0 saturated carbocycles. The Balaban J connectivity index is 2.09. The van der Waals surface area contributed by atoms with E-state index in [1.165, 1.54) is 0 Å². The van der Waals surface area contributed by atoms with Gasteiger partial charge in [-0.1, -0.05) is 0 Å². The molecule has 0 aromatic rings. The van der Waals surface area contributed by atoms with Crippen molar-refractivity contribution in [1.29, 1.82) is 0 Å². The molecule has 5 nitrogen and oxygen atoms in total. The van der Waals surface area contributed by atoms with E-state index >= 15 is 0 Å². The topological polar surface area (TPSA) is 61.6 Å². The quantitative estimate of drug-likeness (QED) is 0.600. The number of carbonyl (C=O) groups is 1. The molecule has 0 aromatic carbocycles. The van der Waals surface area contributed by atoms with Crippen LogP contribution in [-0.2, 0) is 4.79 Å². The van der Waals surface area contributed by atoms with Crippen LogP contribution in [-0.4, -0.2) is 55.6 Å².